The average Bonchev–Trinajstić information content (AvgIpc) is 2.87. The Balaban J connectivity index is 2.21. The molecule has 2 rings (SSSR count). The Kier molecular flexibility index (Phi) is 6.93. The van der Waals surface area contributed by atoms with Gasteiger partial charge in [-0.1, -0.05) is 37.3 Å². The van der Waals surface area contributed by atoms with Crippen molar-refractivity contribution in [3.05, 3.63) is 22.7 Å². The van der Waals surface area contributed by atoms with Crippen LogP contribution in [0.1, 0.15) is 48.9 Å². The Labute approximate surface area is 153 Å². The van der Waals surface area contributed by atoms with Crippen molar-refractivity contribution in [2.75, 3.05) is 20.8 Å². The van der Waals surface area contributed by atoms with Crippen molar-refractivity contribution in [2.45, 2.75) is 44.6 Å². The van der Waals surface area contributed by atoms with Crippen LogP contribution in [0.3, 0.4) is 0 Å². The SMILES string of the molecule is COc1cc(C(=O)N(C)C2CCCCCC2)cc(Cl)c1OCC(N)=O. The summed E-state index contributed by atoms with van der Waals surface area (Å²) in [5.74, 6) is -0.220. The minimum Gasteiger partial charge on any atom is -0.493 e. The van der Waals surface area contributed by atoms with Gasteiger partial charge in [-0.2, -0.15) is 0 Å². The van der Waals surface area contributed by atoms with Crippen LogP contribution in [0.15, 0.2) is 12.1 Å². The largest absolute Gasteiger partial charge is 0.493 e. The summed E-state index contributed by atoms with van der Waals surface area (Å²) >= 11 is 6.23. The molecule has 0 aliphatic heterocycles. The van der Waals surface area contributed by atoms with E-state index < -0.39 is 5.91 Å². The van der Waals surface area contributed by atoms with E-state index in [2.05, 4.69) is 0 Å². The van der Waals surface area contributed by atoms with Crippen LogP contribution in [-0.2, 0) is 4.79 Å². The maximum Gasteiger partial charge on any atom is 0.255 e. The number of carbonyl (C=O) groups is 2. The van der Waals surface area contributed by atoms with Crippen LogP contribution >= 0.6 is 11.6 Å². The van der Waals surface area contributed by atoms with Gasteiger partial charge in [0, 0.05) is 18.7 Å². The lowest BCUT2D eigenvalue weighted by Crippen LogP contribution is -2.36. The van der Waals surface area contributed by atoms with Crippen LogP contribution in [0.25, 0.3) is 0 Å². The van der Waals surface area contributed by atoms with E-state index in [1.165, 1.54) is 26.0 Å². The van der Waals surface area contributed by atoms with Gasteiger partial charge in [-0.25, -0.2) is 0 Å². The van der Waals surface area contributed by atoms with Crippen LogP contribution in [0, 0.1) is 0 Å². The fraction of sp³-hybridized carbons (Fsp3) is 0.556. The van der Waals surface area contributed by atoms with Gasteiger partial charge in [0.15, 0.2) is 18.1 Å². The lowest BCUT2D eigenvalue weighted by atomic mass is 10.1. The summed E-state index contributed by atoms with van der Waals surface area (Å²) in [6.45, 7) is -0.314. The molecule has 1 fully saturated rings. The summed E-state index contributed by atoms with van der Waals surface area (Å²) in [4.78, 5) is 25.5. The third-order valence-electron chi connectivity index (χ3n) is 4.53. The number of methoxy groups -OCH3 is 1. The maximum absolute atomic E-state index is 12.9. The monoisotopic (exact) mass is 368 g/mol. The van der Waals surface area contributed by atoms with Gasteiger partial charge in [-0.3, -0.25) is 9.59 Å². The predicted molar refractivity (Wildman–Crippen MR) is 96.3 cm³/mol. The summed E-state index contributed by atoms with van der Waals surface area (Å²) in [6.07, 6.45) is 6.78. The molecule has 7 heteroatoms. The molecule has 1 aliphatic carbocycles. The number of hydrogen-bond acceptors (Lipinski definition) is 4. The molecule has 0 radical (unpaired) electrons. The standard InChI is InChI=1S/C18H25ClN2O4/c1-21(13-7-5-3-4-6-8-13)18(23)12-9-14(19)17(15(10-12)24-2)25-11-16(20)22/h9-10,13H,3-8,11H2,1-2H3,(H2,20,22). The molecule has 6 nitrogen and oxygen atoms in total. The fourth-order valence-electron chi connectivity index (χ4n) is 3.14. The first-order valence-corrected chi connectivity index (χ1v) is 8.87. The van der Waals surface area contributed by atoms with Crippen molar-refractivity contribution >= 4 is 23.4 Å². The highest BCUT2D eigenvalue weighted by atomic mass is 35.5. The quantitative estimate of drug-likeness (QED) is 0.782. The molecule has 0 saturated heterocycles. The van der Waals surface area contributed by atoms with E-state index in [-0.39, 0.29) is 29.3 Å². The number of nitrogens with zero attached hydrogens (tertiary/aromatic N) is 1. The average molecular weight is 369 g/mol. The van der Waals surface area contributed by atoms with Crippen LogP contribution in [0.2, 0.25) is 5.02 Å². The van der Waals surface area contributed by atoms with E-state index in [0.717, 1.165) is 25.7 Å². The van der Waals surface area contributed by atoms with Crippen LogP contribution in [0.4, 0.5) is 0 Å². The molecule has 0 aromatic heterocycles. The molecule has 1 aromatic carbocycles. The zero-order chi connectivity index (χ0) is 18.4. The lowest BCUT2D eigenvalue weighted by Gasteiger charge is -2.27. The summed E-state index contributed by atoms with van der Waals surface area (Å²) in [5.41, 5.74) is 5.52. The van der Waals surface area contributed by atoms with E-state index in [9.17, 15) is 9.59 Å². The molecule has 0 heterocycles. The van der Waals surface area contributed by atoms with Crippen LogP contribution < -0.4 is 15.2 Å². The number of amides is 2. The first kappa shape index (κ1) is 19.4. The van der Waals surface area contributed by atoms with Gasteiger partial charge in [0.25, 0.3) is 11.8 Å². The lowest BCUT2D eigenvalue weighted by molar-refractivity contribution is -0.119. The molecule has 2 N–H and O–H groups in total. The number of carbonyl (C=O) groups excluding carboxylic acids is 2. The molecule has 0 unspecified atom stereocenters. The third-order valence-corrected chi connectivity index (χ3v) is 4.81. The van der Waals surface area contributed by atoms with Crippen LogP contribution in [-0.4, -0.2) is 43.5 Å². The van der Waals surface area contributed by atoms with Gasteiger partial charge in [0.1, 0.15) is 0 Å². The van der Waals surface area contributed by atoms with Crippen molar-refractivity contribution in [1.82, 2.24) is 4.90 Å². The Morgan fingerprint density at radius 2 is 1.88 bits per heavy atom. The first-order valence-electron chi connectivity index (χ1n) is 8.49. The van der Waals surface area contributed by atoms with Gasteiger partial charge in [0.05, 0.1) is 12.1 Å². The first-order chi connectivity index (χ1) is 11.9. The number of hydrogen-bond donors (Lipinski definition) is 1. The molecule has 0 atom stereocenters. The number of nitrogens with two attached hydrogens (primary N) is 1. The summed E-state index contributed by atoms with van der Waals surface area (Å²) in [6, 6.07) is 3.36. The smallest absolute Gasteiger partial charge is 0.255 e. The summed E-state index contributed by atoms with van der Waals surface area (Å²) < 4.78 is 10.6. The van der Waals surface area contributed by atoms with Crippen LogP contribution in [0.5, 0.6) is 11.5 Å². The van der Waals surface area contributed by atoms with E-state index in [4.69, 9.17) is 26.8 Å². The minimum absolute atomic E-state index is 0.103. The summed E-state index contributed by atoms with van der Waals surface area (Å²) in [7, 11) is 3.28. The molecular weight excluding hydrogens is 344 g/mol. The van der Waals surface area contributed by atoms with E-state index >= 15 is 0 Å². The Morgan fingerprint density at radius 1 is 1.24 bits per heavy atom. The highest BCUT2D eigenvalue weighted by Crippen LogP contribution is 2.37. The van der Waals surface area contributed by atoms with Crippen molar-refractivity contribution in [3.8, 4) is 11.5 Å². The summed E-state index contributed by atoms with van der Waals surface area (Å²) in [5, 5.41) is 0.207. The normalized spacial score (nSPS) is 15.3. The zero-order valence-corrected chi connectivity index (χ0v) is 15.5. The molecule has 0 bridgehead atoms. The molecule has 138 valence electrons. The number of ether oxygens (including phenoxy) is 2. The number of halogens is 1. The third kappa shape index (κ3) is 5.01. The van der Waals surface area contributed by atoms with Gasteiger partial charge in [-0.15, -0.1) is 0 Å². The molecule has 1 aliphatic rings. The maximum atomic E-state index is 12.9. The van der Waals surface area contributed by atoms with Gasteiger partial charge >= 0.3 is 0 Å². The number of benzene rings is 1. The van der Waals surface area contributed by atoms with E-state index in [1.807, 2.05) is 7.05 Å². The second kappa shape index (κ2) is 8.94. The zero-order valence-electron chi connectivity index (χ0n) is 14.7. The second-order valence-electron chi connectivity index (χ2n) is 6.31. The fourth-order valence-corrected chi connectivity index (χ4v) is 3.41. The number of primary amides is 1. The molecule has 0 spiro atoms. The van der Waals surface area contributed by atoms with E-state index in [0.29, 0.717) is 11.3 Å². The second-order valence-corrected chi connectivity index (χ2v) is 6.71. The molecular formula is C18H25ClN2O4. The topological polar surface area (TPSA) is 81.9 Å². The van der Waals surface area contributed by atoms with Gasteiger partial charge in [-0.05, 0) is 25.0 Å². The van der Waals surface area contributed by atoms with Crippen molar-refractivity contribution < 1.29 is 19.1 Å². The molecule has 25 heavy (non-hydrogen) atoms. The highest BCUT2D eigenvalue weighted by Gasteiger charge is 2.24. The highest BCUT2D eigenvalue weighted by molar-refractivity contribution is 6.32. The predicted octanol–water partition coefficient (Wildman–Crippen LogP) is 3.01. The van der Waals surface area contributed by atoms with Gasteiger partial charge in [0.2, 0.25) is 0 Å². The minimum atomic E-state index is -0.619. The van der Waals surface area contributed by atoms with Crippen molar-refractivity contribution in [1.29, 1.82) is 0 Å². The van der Waals surface area contributed by atoms with Crippen molar-refractivity contribution in [2.24, 2.45) is 5.73 Å². The molecule has 2 amide bonds. The number of rotatable bonds is 6. The Hall–Kier alpha value is -1.95. The van der Waals surface area contributed by atoms with Gasteiger partial charge < -0.3 is 20.1 Å². The van der Waals surface area contributed by atoms with E-state index in [1.54, 1.807) is 11.0 Å². The van der Waals surface area contributed by atoms with Crippen molar-refractivity contribution in [3.63, 3.8) is 0 Å². The molecule has 1 aromatic rings. The molecule has 1 saturated carbocycles. The Bertz CT molecular complexity index is 628. The Morgan fingerprint density at radius 3 is 2.44 bits per heavy atom.